The molecule has 2 amide bonds. The van der Waals surface area contributed by atoms with Gasteiger partial charge in [0.25, 0.3) is 5.91 Å². The second kappa shape index (κ2) is 11.2. The zero-order valence-electron chi connectivity index (χ0n) is 17.9. The fourth-order valence-electron chi connectivity index (χ4n) is 2.69. The summed E-state index contributed by atoms with van der Waals surface area (Å²) in [5, 5.41) is 5.69. The third-order valence-electron chi connectivity index (χ3n) is 4.04. The molecule has 0 saturated heterocycles. The second-order valence-electron chi connectivity index (χ2n) is 7.78. The lowest BCUT2D eigenvalue weighted by atomic mass is 10.1. The van der Waals surface area contributed by atoms with Crippen LogP contribution in [0.3, 0.4) is 0 Å². The smallest absolute Gasteiger partial charge is 0.408 e. The Kier molecular flexibility index (Phi) is 8.98. The van der Waals surface area contributed by atoms with E-state index < -0.39 is 29.6 Å². The number of rotatable bonds is 7. The Hall–Kier alpha value is -2.71. The number of carbonyl (C=O) groups is 3. The minimum Gasteiger partial charge on any atom is -0.475 e. The molecule has 0 aliphatic heterocycles. The van der Waals surface area contributed by atoms with E-state index in [9.17, 15) is 14.4 Å². The van der Waals surface area contributed by atoms with E-state index in [1.165, 1.54) is 0 Å². The number of alkyl carbamates (subject to hydrolysis) is 1. The van der Waals surface area contributed by atoms with Gasteiger partial charge in [-0.1, -0.05) is 41.4 Å². The summed E-state index contributed by atoms with van der Waals surface area (Å²) < 4.78 is 10.0. The van der Waals surface area contributed by atoms with E-state index in [2.05, 4.69) is 10.6 Å². The zero-order valence-corrected chi connectivity index (χ0v) is 19.4. The van der Waals surface area contributed by atoms with Gasteiger partial charge < -0.3 is 20.1 Å². The summed E-state index contributed by atoms with van der Waals surface area (Å²) in [5.74, 6) is -1.14. The number of esters is 1. The molecule has 0 fully saturated rings. The predicted molar refractivity (Wildman–Crippen MR) is 124 cm³/mol. The highest BCUT2D eigenvalue weighted by Gasteiger charge is 2.25. The van der Waals surface area contributed by atoms with Gasteiger partial charge in [0, 0.05) is 18.6 Å². The quantitative estimate of drug-likeness (QED) is 0.457. The number of ether oxygens (including phenoxy) is 2. The summed E-state index contributed by atoms with van der Waals surface area (Å²) in [6.07, 6.45) is -0.625. The van der Waals surface area contributed by atoms with Crippen LogP contribution in [0, 0.1) is 0 Å². The maximum Gasteiger partial charge on any atom is 0.408 e. The number of hydrogen-bond donors (Lipinski definition) is 2. The molecule has 2 aromatic carbocycles. The number of nitrogens with one attached hydrogen (secondary N) is 2. The molecule has 0 aromatic heterocycles. The minimum atomic E-state index is -1.00. The Morgan fingerprint density at radius 3 is 2.16 bits per heavy atom. The molecule has 0 heterocycles. The normalized spacial score (nSPS) is 11.9. The number of anilines is 1. The van der Waals surface area contributed by atoms with E-state index in [1.54, 1.807) is 63.2 Å². The highest BCUT2D eigenvalue weighted by molar-refractivity contribution is 6.40. The van der Waals surface area contributed by atoms with Gasteiger partial charge in [-0.25, -0.2) is 9.59 Å². The molecule has 1 atom stereocenters. The van der Waals surface area contributed by atoms with Gasteiger partial charge in [0.1, 0.15) is 19.5 Å². The molecule has 0 spiro atoms. The molecule has 2 N–H and O–H groups in total. The van der Waals surface area contributed by atoms with Crippen LogP contribution in [0.5, 0.6) is 0 Å². The lowest BCUT2D eigenvalue weighted by Gasteiger charge is -2.23. The summed E-state index contributed by atoms with van der Waals surface area (Å²) in [5.41, 5.74) is 0.646. The first-order valence-corrected chi connectivity index (χ1v) is 10.5. The monoisotopic (exact) mass is 476 g/mol. The lowest BCUT2D eigenvalue weighted by Crippen LogP contribution is -2.45. The molecule has 2 aromatic rings. The molecule has 0 saturated carbocycles. The molecule has 0 aliphatic rings. The number of hydrogen-bond acceptors (Lipinski definition) is 5. The van der Waals surface area contributed by atoms with Gasteiger partial charge in [0.05, 0.1) is 15.6 Å². The molecule has 0 unspecified atom stereocenters. The Morgan fingerprint density at radius 2 is 1.62 bits per heavy atom. The summed E-state index contributed by atoms with van der Waals surface area (Å²) in [4.78, 5) is 36.8. The molecule has 0 bridgehead atoms. The van der Waals surface area contributed by atoms with Crippen LogP contribution < -0.4 is 10.6 Å². The van der Waals surface area contributed by atoms with Crippen molar-refractivity contribution in [3.63, 3.8) is 0 Å². The molecule has 32 heavy (non-hydrogen) atoms. The van der Waals surface area contributed by atoms with Crippen molar-refractivity contribution >= 4 is 54.7 Å². The summed E-state index contributed by atoms with van der Waals surface area (Å²) in [7, 11) is 5.28. The molecular formula is C22H23BCl2N2O5. The topological polar surface area (TPSA) is 93.7 Å². The van der Waals surface area contributed by atoms with Crippen molar-refractivity contribution in [1.82, 2.24) is 5.32 Å². The van der Waals surface area contributed by atoms with Gasteiger partial charge in [-0.05, 0) is 50.6 Å². The Morgan fingerprint density at radius 1 is 1.03 bits per heavy atom. The van der Waals surface area contributed by atoms with E-state index in [0.29, 0.717) is 11.3 Å². The van der Waals surface area contributed by atoms with Gasteiger partial charge in [0.15, 0.2) is 0 Å². The van der Waals surface area contributed by atoms with Crippen molar-refractivity contribution in [1.29, 1.82) is 0 Å². The number of carbonyl (C=O) groups excluding carboxylic acids is 3. The molecule has 0 aliphatic carbocycles. The van der Waals surface area contributed by atoms with Crippen LogP contribution >= 0.6 is 23.2 Å². The third kappa shape index (κ3) is 7.77. The van der Waals surface area contributed by atoms with E-state index >= 15 is 0 Å². The average Bonchev–Trinajstić information content (AvgIpc) is 2.67. The first-order chi connectivity index (χ1) is 15.0. The maximum atomic E-state index is 12.5. The first-order valence-electron chi connectivity index (χ1n) is 9.70. The Bertz CT molecular complexity index is 957. The van der Waals surface area contributed by atoms with Crippen molar-refractivity contribution in [2.75, 3.05) is 11.8 Å². The van der Waals surface area contributed by atoms with Crippen LogP contribution in [0.25, 0.3) is 0 Å². The standard InChI is InChI=1S/C22H23BCl2N2O5/c1-22(2,3)32-21(30)27-17(20(29)31-12-23)11-13-7-9-14(10-8-13)26-19(28)18-15(24)5-4-6-16(18)25/h4-10,17H,11-12H2,1-3H3,(H,26,28)(H,27,30)/t17-/m0/s1. The second-order valence-corrected chi connectivity index (χ2v) is 8.60. The van der Waals surface area contributed by atoms with Gasteiger partial charge in [-0.3, -0.25) is 4.79 Å². The van der Waals surface area contributed by atoms with Crippen molar-refractivity contribution < 1.29 is 23.9 Å². The maximum absolute atomic E-state index is 12.5. The van der Waals surface area contributed by atoms with Crippen LogP contribution in [-0.2, 0) is 20.7 Å². The summed E-state index contributed by atoms with van der Waals surface area (Å²) in [6, 6.07) is 10.5. The van der Waals surface area contributed by atoms with Crippen LogP contribution in [0.1, 0.15) is 36.7 Å². The van der Waals surface area contributed by atoms with Crippen molar-refractivity contribution in [3.05, 3.63) is 63.6 Å². The molecule has 10 heteroatoms. The molecule has 168 valence electrons. The van der Waals surface area contributed by atoms with Gasteiger partial charge in [-0.2, -0.15) is 0 Å². The van der Waals surface area contributed by atoms with E-state index in [1.807, 2.05) is 0 Å². The van der Waals surface area contributed by atoms with Crippen LogP contribution in [0.15, 0.2) is 42.5 Å². The molecule has 7 nitrogen and oxygen atoms in total. The average molecular weight is 477 g/mol. The number of amides is 2. The SMILES string of the molecule is [B]COC(=O)[C@H](Cc1ccc(NC(=O)c2c(Cl)cccc2Cl)cc1)NC(=O)OC(C)(C)C. The predicted octanol–water partition coefficient (Wildman–Crippen LogP) is 4.35. The van der Waals surface area contributed by atoms with Gasteiger partial charge in [0.2, 0.25) is 0 Å². The van der Waals surface area contributed by atoms with E-state index in [-0.39, 0.29) is 28.5 Å². The lowest BCUT2D eigenvalue weighted by molar-refractivity contribution is -0.144. The number of benzene rings is 2. The first kappa shape index (κ1) is 25.6. The zero-order chi connectivity index (χ0) is 23.9. The minimum absolute atomic E-state index is 0.128. The Balaban J connectivity index is 2.09. The Labute approximate surface area is 198 Å². The van der Waals surface area contributed by atoms with Crippen LogP contribution in [0.2, 0.25) is 10.0 Å². The van der Waals surface area contributed by atoms with Crippen molar-refractivity contribution in [2.24, 2.45) is 0 Å². The summed E-state index contributed by atoms with van der Waals surface area (Å²) >= 11 is 12.1. The van der Waals surface area contributed by atoms with E-state index in [4.69, 9.17) is 40.5 Å². The van der Waals surface area contributed by atoms with E-state index in [0.717, 1.165) is 0 Å². The van der Waals surface area contributed by atoms with Crippen LogP contribution in [0.4, 0.5) is 10.5 Å². The van der Waals surface area contributed by atoms with Crippen LogP contribution in [-0.4, -0.2) is 44.0 Å². The summed E-state index contributed by atoms with van der Waals surface area (Å²) in [6.45, 7) is 4.81. The fraction of sp³-hybridized carbons (Fsp3) is 0.318. The highest BCUT2D eigenvalue weighted by Crippen LogP contribution is 2.25. The van der Waals surface area contributed by atoms with Crippen molar-refractivity contribution in [3.8, 4) is 0 Å². The number of halogens is 2. The van der Waals surface area contributed by atoms with Crippen molar-refractivity contribution in [2.45, 2.75) is 38.8 Å². The highest BCUT2D eigenvalue weighted by atomic mass is 35.5. The molecule has 2 radical (unpaired) electrons. The molecular weight excluding hydrogens is 454 g/mol. The molecule has 2 rings (SSSR count). The van der Waals surface area contributed by atoms with Gasteiger partial charge >= 0.3 is 12.1 Å². The van der Waals surface area contributed by atoms with Gasteiger partial charge in [-0.15, -0.1) is 0 Å². The largest absolute Gasteiger partial charge is 0.475 e. The third-order valence-corrected chi connectivity index (χ3v) is 4.67. The fourth-order valence-corrected chi connectivity index (χ4v) is 3.26.